The summed E-state index contributed by atoms with van der Waals surface area (Å²) in [6, 6.07) is 12.3. The summed E-state index contributed by atoms with van der Waals surface area (Å²) in [6.45, 7) is 0. The first kappa shape index (κ1) is 19.1. The van der Waals surface area contributed by atoms with Crippen molar-refractivity contribution in [3.63, 3.8) is 0 Å². The van der Waals surface area contributed by atoms with E-state index in [2.05, 4.69) is 5.32 Å². The molecule has 2 aromatic rings. The second kappa shape index (κ2) is 8.81. The Morgan fingerprint density at radius 2 is 1.89 bits per heavy atom. The topological polar surface area (TPSA) is 72.5 Å². The van der Waals surface area contributed by atoms with E-state index < -0.39 is 12.1 Å². The van der Waals surface area contributed by atoms with Crippen molar-refractivity contribution in [1.29, 1.82) is 0 Å². The Kier molecular flexibility index (Phi) is 6.24. The van der Waals surface area contributed by atoms with E-state index in [1.54, 1.807) is 24.3 Å². The minimum atomic E-state index is -0.669. The molecule has 1 aliphatic carbocycles. The van der Waals surface area contributed by atoms with Crippen LogP contribution in [0.2, 0.25) is 0 Å². The Labute approximate surface area is 160 Å². The number of nitrogens with one attached hydrogen (secondary N) is 1. The van der Waals surface area contributed by atoms with Gasteiger partial charge in [0.1, 0.15) is 5.82 Å². The number of rotatable bonds is 6. The molecule has 140 valence electrons. The maximum atomic E-state index is 12.9. The van der Waals surface area contributed by atoms with Crippen molar-refractivity contribution < 1.29 is 23.5 Å². The SMILES string of the molecule is O=C(CSc1ccccc1C(=O)O[C@H]1CCCC1=O)Nc1ccc(F)cc1. The molecule has 1 amide bonds. The zero-order valence-corrected chi connectivity index (χ0v) is 15.3. The lowest BCUT2D eigenvalue weighted by Crippen LogP contribution is -2.22. The van der Waals surface area contributed by atoms with E-state index in [9.17, 15) is 18.8 Å². The molecule has 1 aliphatic rings. The highest BCUT2D eigenvalue weighted by molar-refractivity contribution is 8.00. The minimum Gasteiger partial charge on any atom is -0.451 e. The fraction of sp³-hybridized carbons (Fsp3) is 0.250. The van der Waals surface area contributed by atoms with Gasteiger partial charge in [0.2, 0.25) is 5.91 Å². The zero-order chi connectivity index (χ0) is 19.2. The number of halogens is 1. The van der Waals surface area contributed by atoms with Crippen LogP contribution in [-0.4, -0.2) is 29.5 Å². The normalized spacial score (nSPS) is 16.2. The number of thioether (sulfide) groups is 1. The van der Waals surface area contributed by atoms with Gasteiger partial charge < -0.3 is 10.1 Å². The average Bonchev–Trinajstić information content (AvgIpc) is 3.07. The number of hydrogen-bond donors (Lipinski definition) is 1. The number of ketones is 1. The fourth-order valence-corrected chi connectivity index (χ4v) is 3.58. The number of Topliss-reactive ketones (excluding diaryl/α,β-unsaturated/α-hetero) is 1. The Bertz CT molecular complexity index is 853. The Hall–Kier alpha value is -2.67. The van der Waals surface area contributed by atoms with Gasteiger partial charge in [0.15, 0.2) is 11.9 Å². The number of carbonyl (C=O) groups excluding carboxylic acids is 3. The average molecular weight is 387 g/mol. The summed E-state index contributed by atoms with van der Waals surface area (Å²) in [5.74, 6) is -1.19. The van der Waals surface area contributed by atoms with Crippen molar-refractivity contribution in [3.8, 4) is 0 Å². The molecule has 1 saturated carbocycles. The molecule has 0 unspecified atom stereocenters. The lowest BCUT2D eigenvalue weighted by molar-refractivity contribution is -0.124. The zero-order valence-electron chi connectivity index (χ0n) is 14.4. The van der Waals surface area contributed by atoms with Crippen LogP contribution < -0.4 is 5.32 Å². The summed E-state index contributed by atoms with van der Waals surface area (Å²) < 4.78 is 18.2. The first-order valence-corrected chi connectivity index (χ1v) is 9.52. The van der Waals surface area contributed by atoms with Gasteiger partial charge in [0, 0.05) is 17.0 Å². The van der Waals surface area contributed by atoms with Gasteiger partial charge in [-0.05, 0) is 49.2 Å². The second-order valence-corrected chi connectivity index (χ2v) is 7.11. The molecule has 3 rings (SSSR count). The van der Waals surface area contributed by atoms with Crippen LogP contribution in [0.25, 0.3) is 0 Å². The third kappa shape index (κ3) is 5.17. The van der Waals surface area contributed by atoms with Gasteiger partial charge in [-0.1, -0.05) is 12.1 Å². The summed E-state index contributed by atoms with van der Waals surface area (Å²) in [5.41, 5.74) is 0.825. The Balaban J connectivity index is 1.60. The van der Waals surface area contributed by atoms with Gasteiger partial charge >= 0.3 is 5.97 Å². The highest BCUT2D eigenvalue weighted by Crippen LogP contribution is 2.26. The van der Waals surface area contributed by atoms with E-state index in [4.69, 9.17) is 4.74 Å². The van der Waals surface area contributed by atoms with Gasteiger partial charge in [-0.25, -0.2) is 9.18 Å². The molecule has 0 spiro atoms. The summed E-state index contributed by atoms with van der Waals surface area (Å²) in [6.07, 6.45) is 1.06. The van der Waals surface area contributed by atoms with Gasteiger partial charge in [0.05, 0.1) is 11.3 Å². The standard InChI is InChI=1S/C20H18FNO4S/c21-13-8-10-14(11-9-13)22-19(24)12-27-18-7-2-1-4-15(18)20(25)26-17-6-3-5-16(17)23/h1-2,4,7-11,17H,3,5-6,12H2,(H,22,24)/t17-/m0/s1. The van der Waals surface area contributed by atoms with Crippen molar-refractivity contribution in [2.75, 3.05) is 11.1 Å². The van der Waals surface area contributed by atoms with Gasteiger partial charge in [-0.2, -0.15) is 0 Å². The molecule has 0 bridgehead atoms. The molecule has 1 fully saturated rings. The fourth-order valence-electron chi connectivity index (χ4n) is 2.74. The number of anilines is 1. The lowest BCUT2D eigenvalue weighted by Gasteiger charge is -2.13. The van der Waals surface area contributed by atoms with Crippen LogP contribution in [-0.2, 0) is 14.3 Å². The number of hydrogen-bond acceptors (Lipinski definition) is 5. The predicted octanol–water partition coefficient (Wildman–Crippen LogP) is 3.83. The summed E-state index contributed by atoms with van der Waals surface area (Å²) in [5, 5.41) is 2.67. The quantitative estimate of drug-likeness (QED) is 0.602. The van der Waals surface area contributed by atoms with Gasteiger partial charge in [0.25, 0.3) is 0 Å². The third-order valence-electron chi connectivity index (χ3n) is 4.09. The lowest BCUT2D eigenvalue weighted by atomic mass is 10.2. The summed E-state index contributed by atoms with van der Waals surface area (Å²) in [7, 11) is 0. The molecule has 0 radical (unpaired) electrons. The number of amides is 1. The molecule has 0 aromatic heterocycles. The smallest absolute Gasteiger partial charge is 0.339 e. The molecule has 0 heterocycles. The van der Waals surface area contributed by atoms with Gasteiger partial charge in [-0.3, -0.25) is 9.59 Å². The first-order chi connectivity index (χ1) is 13.0. The molecular weight excluding hydrogens is 369 g/mol. The van der Waals surface area contributed by atoms with Crippen molar-refractivity contribution >= 4 is 35.1 Å². The van der Waals surface area contributed by atoms with E-state index >= 15 is 0 Å². The second-order valence-electron chi connectivity index (χ2n) is 6.09. The maximum Gasteiger partial charge on any atom is 0.339 e. The molecule has 1 N–H and O–H groups in total. The minimum absolute atomic E-state index is 0.0489. The highest BCUT2D eigenvalue weighted by atomic mass is 32.2. The van der Waals surface area contributed by atoms with Crippen LogP contribution in [0, 0.1) is 5.82 Å². The Morgan fingerprint density at radius 1 is 1.15 bits per heavy atom. The van der Waals surface area contributed by atoms with E-state index in [0.29, 0.717) is 29.0 Å². The molecule has 7 heteroatoms. The number of ether oxygens (including phenoxy) is 1. The van der Waals surface area contributed by atoms with E-state index in [-0.39, 0.29) is 23.3 Å². The monoisotopic (exact) mass is 387 g/mol. The first-order valence-electron chi connectivity index (χ1n) is 8.54. The van der Waals surface area contributed by atoms with Crippen LogP contribution in [0.5, 0.6) is 0 Å². The molecular formula is C20H18FNO4S. The molecule has 0 saturated heterocycles. The molecule has 2 aromatic carbocycles. The van der Waals surface area contributed by atoms with Crippen LogP contribution in [0.1, 0.15) is 29.6 Å². The molecule has 1 atom stereocenters. The van der Waals surface area contributed by atoms with Crippen LogP contribution in [0.3, 0.4) is 0 Å². The van der Waals surface area contributed by atoms with E-state index in [1.807, 2.05) is 0 Å². The molecule has 27 heavy (non-hydrogen) atoms. The van der Waals surface area contributed by atoms with Crippen LogP contribution >= 0.6 is 11.8 Å². The predicted molar refractivity (Wildman–Crippen MR) is 100 cm³/mol. The van der Waals surface area contributed by atoms with Crippen LogP contribution in [0.15, 0.2) is 53.4 Å². The van der Waals surface area contributed by atoms with Crippen molar-refractivity contribution in [2.45, 2.75) is 30.3 Å². The number of esters is 1. The third-order valence-corrected chi connectivity index (χ3v) is 5.17. The summed E-state index contributed by atoms with van der Waals surface area (Å²) in [4.78, 5) is 36.8. The largest absolute Gasteiger partial charge is 0.451 e. The van der Waals surface area contributed by atoms with Gasteiger partial charge in [-0.15, -0.1) is 11.8 Å². The van der Waals surface area contributed by atoms with Crippen molar-refractivity contribution in [1.82, 2.24) is 0 Å². The van der Waals surface area contributed by atoms with E-state index in [0.717, 1.165) is 6.42 Å². The van der Waals surface area contributed by atoms with Crippen LogP contribution in [0.4, 0.5) is 10.1 Å². The summed E-state index contributed by atoms with van der Waals surface area (Å²) >= 11 is 1.19. The van der Waals surface area contributed by atoms with E-state index in [1.165, 1.54) is 36.0 Å². The number of benzene rings is 2. The highest BCUT2D eigenvalue weighted by Gasteiger charge is 2.29. The van der Waals surface area contributed by atoms with Crippen molar-refractivity contribution in [2.24, 2.45) is 0 Å². The molecule has 5 nitrogen and oxygen atoms in total. The molecule has 0 aliphatic heterocycles. The Morgan fingerprint density at radius 3 is 2.59 bits per heavy atom. The maximum absolute atomic E-state index is 12.9. The van der Waals surface area contributed by atoms with Crippen molar-refractivity contribution in [3.05, 3.63) is 59.9 Å². The number of carbonyl (C=O) groups is 3.